The Morgan fingerprint density at radius 2 is 1.75 bits per heavy atom. The van der Waals surface area contributed by atoms with Gasteiger partial charge in [0.2, 0.25) is 0 Å². The maximum atomic E-state index is 11.1. The van der Waals surface area contributed by atoms with Gasteiger partial charge < -0.3 is 14.5 Å². The number of allylic oxidation sites excluding steroid dienone is 1. The number of halogens is 1. The van der Waals surface area contributed by atoms with Crippen LogP contribution in [0.25, 0.3) is 17.3 Å². The molecule has 1 aromatic heterocycles. The summed E-state index contributed by atoms with van der Waals surface area (Å²) < 4.78 is 5.62. The third-order valence-electron chi connectivity index (χ3n) is 6.91. The maximum absolute atomic E-state index is 11.1. The van der Waals surface area contributed by atoms with Crippen LogP contribution in [-0.2, 0) is 12.0 Å². The molecule has 1 fully saturated rings. The highest BCUT2D eigenvalue weighted by molar-refractivity contribution is 6.30. The van der Waals surface area contributed by atoms with Crippen LogP contribution in [0.1, 0.15) is 49.0 Å². The zero-order valence-electron chi connectivity index (χ0n) is 18.3. The van der Waals surface area contributed by atoms with Crippen molar-refractivity contribution in [3.63, 3.8) is 0 Å². The van der Waals surface area contributed by atoms with Gasteiger partial charge in [-0.25, -0.2) is 0 Å². The predicted octanol–water partition coefficient (Wildman–Crippen LogP) is 6.09. The molecule has 0 amide bonds. The molecule has 2 aliphatic rings. The molecule has 32 heavy (non-hydrogen) atoms. The summed E-state index contributed by atoms with van der Waals surface area (Å²) in [4.78, 5) is 2.48. The van der Waals surface area contributed by atoms with E-state index in [1.54, 1.807) is 0 Å². The first-order chi connectivity index (χ1) is 15.6. The van der Waals surface area contributed by atoms with Crippen LogP contribution >= 0.6 is 11.6 Å². The number of nitrogens with zero attached hydrogens (tertiary/aromatic N) is 2. The van der Waals surface area contributed by atoms with E-state index in [4.69, 9.17) is 16.1 Å². The molecule has 166 valence electrons. The van der Waals surface area contributed by atoms with Gasteiger partial charge in [0, 0.05) is 35.7 Å². The Kier molecular flexibility index (Phi) is 6.18. The van der Waals surface area contributed by atoms with Crippen molar-refractivity contribution >= 4 is 17.7 Å². The van der Waals surface area contributed by atoms with Gasteiger partial charge in [0.25, 0.3) is 0 Å². The quantitative estimate of drug-likeness (QED) is 0.495. The zero-order chi connectivity index (χ0) is 22.0. The summed E-state index contributed by atoms with van der Waals surface area (Å²) >= 11 is 6.00. The summed E-state index contributed by atoms with van der Waals surface area (Å²) in [5, 5.41) is 16.1. The van der Waals surface area contributed by atoms with Gasteiger partial charge in [0.05, 0.1) is 5.60 Å². The number of aryl methyl sites for hydroxylation is 1. The number of likely N-dealkylation sites (tertiary alicyclic amines) is 1. The number of hydrogen-bond donors (Lipinski definition) is 1. The molecule has 2 heterocycles. The Hall–Kier alpha value is -2.40. The minimum Gasteiger partial charge on any atom is -0.385 e. The molecule has 4 nitrogen and oxygen atoms in total. The van der Waals surface area contributed by atoms with Crippen molar-refractivity contribution < 1.29 is 9.63 Å². The summed E-state index contributed by atoms with van der Waals surface area (Å²) in [5.74, 6) is 1.00. The van der Waals surface area contributed by atoms with Gasteiger partial charge >= 0.3 is 0 Å². The van der Waals surface area contributed by atoms with Gasteiger partial charge in [-0.3, -0.25) is 0 Å². The van der Waals surface area contributed by atoms with Crippen LogP contribution in [0.5, 0.6) is 0 Å². The fraction of sp³-hybridized carbons (Fsp3) is 0.370. The van der Waals surface area contributed by atoms with Crippen molar-refractivity contribution in [1.82, 2.24) is 10.1 Å². The van der Waals surface area contributed by atoms with Gasteiger partial charge in [0.1, 0.15) is 11.5 Å². The average Bonchev–Trinajstić information content (AvgIpc) is 3.25. The van der Waals surface area contributed by atoms with Crippen molar-refractivity contribution in [3.05, 3.63) is 82.1 Å². The largest absolute Gasteiger partial charge is 0.385 e. The number of hydrogen-bond acceptors (Lipinski definition) is 4. The van der Waals surface area contributed by atoms with E-state index in [0.29, 0.717) is 5.02 Å². The third-order valence-corrected chi connectivity index (χ3v) is 7.16. The molecule has 0 bridgehead atoms. The van der Waals surface area contributed by atoms with Crippen LogP contribution in [0.3, 0.4) is 0 Å². The van der Waals surface area contributed by atoms with Crippen molar-refractivity contribution in [3.8, 4) is 11.3 Å². The summed E-state index contributed by atoms with van der Waals surface area (Å²) in [5.41, 5.74) is 4.95. The molecular weight excluding hydrogens is 420 g/mol. The topological polar surface area (TPSA) is 49.5 Å². The Morgan fingerprint density at radius 1 is 1.00 bits per heavy atom. The van der Waals surface area contributed by atoms with E-state index in [1.807, 2.05) is 42.5 Å². The molecule has 1 N–H and O–H groups in total. The molecule has 3 aromatic rings. The average molecular weight is 449 g/mol. The Balaban J connectivity index is 1.15. The lowest BCUT2D eigenvalue weighted by Gasteiger charge is -2.38. The number of aromatic nitrogens is 1. The maximum Gasteiger partial charge on any atom is 0.144 e. The van der Waals surface area contributed by atoms with E-state index in [9.17, 15) is 5.11 Å². The fourth-order valence-electron chi connectivity index (χ4n) is 4.94. The fourth-order valence-corrected chi connectivity index (χ4v) is 5.06. The summed E-state index contributed by atoms with van der Waals surface area (Å²) in [7, 11) is 0. The Bertz CT molecular complexity index is 1080. The van der Waals surface area contributed by atoms with Crippen molar-refractivity contribution in [2.75, 3.05) is 19.6 Å². The number of rotatable bonds is 6. The molecule has 5 heteroatoms. The van der Waals surface area contributed by atoms with Gasteiger partial charge in [-0.05, 0) is 62.4 Å². The predicted molar refractivity (Wildman–Crippen MR) is 128 cm³/mol. The minimum absolute atomic E-state index is 0.709. The highest BCUT2D eigenvalue weighted by atomic mass is 35.5. The van der Waals surface area contributed by atoms with E-state index < -0.39 is 5.60 Å². The molecule has 5 rings (SSSR count). The standard InChI is InChI=1S/C27H29ClN2O2/c28-23-11-9-22(10-12-23)27(31)14-17-30(18-15-27)16-4-5-20-8-13-25-24(19-20)26(29-32-25)21-6-2-1-3-7-21/h1-3,6-7,9-12,19,31H,4-5,8,13-18H2. The summed E-state index contributed by atoms with van der Waals surface area (Å²) in [6.45, 7) is 2.91. The highest BCUT2D eigenvalue weighted by Gasteiger charge is 2.33. The van der Waals surface area contributed by atoms with E-state index >= 15 is 0 Å². The molecule has 0 saturated carbocycles. The van der Waals surface area contributed by atoms with Crippen molar-refractivity contribution in [1.29, 1.82) is 0 Å². The highest BCUT2D eigenvalue weighted by Crippen LogP contribution is 2.35. The summed E-state index contributed by atoms with van der Waals surface area (Å²) in [6.07, 6.45) is 8.03. The number of aliphatic hydroxyl groups is 1. The minimum atomic E-state index is -0.731. The number of piperidine rings is 1. The second-order valence-corrected chi connectivity index (χ2v) is 9.46. The number of fused-ring (bicyclic) bond motifs is 1. The lowest BCUT2D eigenvalue weighted by molar-refractivity contribution is -0.0259. The Morgan fingerprint density at radius 3 is 2.50 bits per heavy atom. The van der Waals surface area contributed by atoms with Crippen LogP contribution in [0.4, 0.5) is 0 Å². The molecule has 0 unspecified atom stereocenters. The van der Waals surface area contributed by atoms with Crippen LogP contribution in [-0.4, -0.2) is 34.8 Å². The monoisotopic (exact) mass is 448 g/mol. The molecule has 1 saturated heterocycles. The molecule has 0 spiro atoms. The van der Waals surface area contributed by atoms with Crippen LogP contribution in [0, 0.1) is 0 Å². The van der Waals surface area contributed by atoms with Crippen molar-refractivity contribution in [2.24, 2.45) is 0 Å². The van der Waals surface area contributed by atoms with E-state index in [1.165, 1.54) is 5.57 Å². The van der Waals surface area contributed by atoms with Gasteiger partial charge in [-0.2, -0.15) is 0 Å². The van der Waals surface area contributed by atoms with E-state index in [-0.39, 0.29) is 0 Å². The van der Waals surface area contributed by atoms with Crippen LogP contribution < -0.4 is 0 Å². The first kappa shape index (κ1) is 21.4. The Labute approximate surface area is 194 Å². The first-order valence-electron chi connectivity index (χ1n) is 11.5. The normalized spacial score (nSPS) is 18.2. The van der Waals surface area contributed by atoms with Gasteiger partial charge in [0.15, 0.2) is 0 Å². The smallest absolute Gasteiger partial charge is 0.144 e. The molecule has 2 aromatic carbocycles. The van der Waals surface area contributed by atoms with Crippen LogP contribution in [0.15, 0.2) is 64.7 Å². The van der Waals surface area contributed by atoms with Crippen molar-refractivity contribution in [2.45, 2.75) is 44.1 Å². The van der Waals surface area contributed by atoms with E-state index in [0.717, 1.165) is 86.3 Å². The van der Waals surface area contributed by atoms with Gasteiger partial charge in [-0.15, -0.1) is 0 Å². The molecule has 1 aliphatic heterocycles. The second kappa shape index (κ2) is 9.22. The lowest BCUT2D eigenvalue weighted by Crippen LogP contribution is -2.42. The third kappa shape index (κ3) is 4.54. The lowest BCUT2D eigenvalue weighted by atomic mass is 9.84. The van der Waals surface area contributed by atoms with Gasteiger partial charge in [-0.1, -0.05) is 64.8 Å². The second-order valence-electron chi connectivity index (χ2n) is 9.02. The molecule has 1 aliphatic carbocycles. The zero-order valence-corrected chi connectivity index (χ0v) is 19.0. The summed E-state index contributed by atoms with van der Waals surface area (Å²) in [6, 6.07) is 17.9. The van der Waals surface area contributed by atoms with E-state index in [2.05, 4.69) is 28.3 Å². The SMILES string of the molecule is OC1(c2ccc(Cl)cc2)CCN(CCCC2=Cc3c(-c4ccccc4)noc3CC2)CC1. The molecular formula is C27H29ClN2O2. The molecule has 0 atom stereocenters. The number of benzene rings is 2. The molecule has 0 radical (unpaired) electrons. The van der Waals surface area contributed by atoms with Crippen LogP contribution in [0.2, 0.25) is 5.02 Å². The first-order valence-corrected chi connectivity index (χ1v) is 11.9.